The van der Waals surface area contributed by atoms with E-state index in [9.17, 15) is 14.9 Å². The molecule has 1 saturated heterocycles. The van der Waals surface area contributed by atoms with Crippen LogP contribution in [0.4, 0.5) is 5.69 Å². The van der Waals surface area contributed by atoms with Crippen LogP contribution in [-0.4, -0.2) is 39.8 Å². The third-order valence-electron chi connectivity index (χ3n) is 3.78. The van der Waals surface area contributed by atoms with Crippen molar-refractivity contribution >= 4 is 23.2 Å². The number of piperidine rings is 1. The summed E-state index contributed by atoms with van der Waals surface area (Å²) in [5.41, 5.74) is 5.54. The molecule has 0 saturated carbocycles. The van der Waals surface area contributed by atoms with Gasteiger partial charge in [-0.05, 0) is 18.8 Å². The molecule has 0 radical (unpaired) electrons. The molecule has 21 heavy (non-hydrogen) atoms. The Morgan fingerprint density at radius 2 is 2.38 bits per heavy atom. The van der Waals surface area contributed by atoms with Crippen molar-refractivity contribution in [2.75, 3.05) is 13.1 Å². The van der Waals surface area contributed by atoms with Gasteiger partial charge in [-0.25, -0.2) is 4.98 Å². The lowest BCUT2D eigenvalue weighted by Crippen LogP contribution is -2.49. The van der Waals surface area contributed by atoms with Crippen LogP contribution in [0.3, 0.4) is 0 Å². The zero-order chi connectivity index (χ0) is 15.6. The Morgan fingerprint density at radius 1 is 1.67 bits per heavy atom. The molecule has 1 aromatic rings. The number of carbonyl (C=O) groups is 1. The molecule has 1 aliphatic heterocycles. The topological polar surface area (TPSA) is 102 Å². The number of likely N-dealkylation sites (tertiary alicyclic amines) is 1. The molecule has 1 aromatic heterocycles. The van der Waals surface area contributed by atoms with Crippen molar-refractivity contribution in [3.05, 3.63) is 33.1 Å². The van der Waals surface area contributed by atoms with Crippen molar-refractivity contribution in [3.8, 4) is 0 Å². The molecule has 2 rings (SSSR count). The summed E-state index contributed by atoms with van der Waals surface area (Å²) in [5, 5.41) is 10.8. The average molecular weight is 313 g/mol. The zero-order valence-electron chi connectivity index (χ0n) is 11.7. The SMILES string of the molecule is CC1CCN(C(=O)c2cc([N+](=O)[O-])cnc2Cl)C(CN)C1. The molecule has 2 unspecified atom stereocenters. The highest BCUT2D eigenvalue weighted by Crippen LogP contribution is 2.26. The van der Waals surface area contributed by atoms with Gasteiger partial charge in [0.25, 0.3) is 11.6 Å². The summed E-state index contributed by atoms with van der Waals surface area (Å²) in [6, 6.07) is 1.10. The van der Waals surface area contributed by atoms with Crippen LogP contribution in [0.1, 0.15) is 30.1 Å². The fourth-order valence-corrected chi connectivity index (χ4v) is 2.77. The fourth-order valence-electron chi connectivity index (χ4n) is 2.58. The summed E-state index contributed by atoms with van der Waals surface area (Å²) >= 11 is 5.92. The average Bonchev–Trinajstić information content (AvgIpc) is 2.46. The number of amides is 1. The molecule has 0 bridgehead atoms. The first-order valence-electron chi connectivity index (χ1n) is 6.75. The van der Waals surface area contributed by atoms with E-state index in [-0.39, 0.29) is 28.4 Å². The van der Waals surface area contributed by atoms with E-state index in [1.54, 1.807) is 4.90 Å². The number of hydrogen-bond donors (Lipinski definition) is 1. The van der Waals surface area contributed by atoms with Crippen molar-refractivity contribution < 1.29 is 9.72 Å². The van der Waals surface area contributed by atoms with Crippen LogP contribution in [0.2, 0.25) is 5.15 Å². The number of pyridine rings is 1. The van der Waals surface area contributed by atoms with Crippen molar-refractivity contribution in [1.82, 2.24) is 9.88 Å². The van der Waals surface area contributed by atoms with E-state index in [0.29, 0.717) is 19.0 Å². The number of nitrogens with zero attached hydrogens (tertiary/aromatic N) is 3. The number of halogens is 1. The third kappa shape index (κ3) is 3.30. The van der Waals surface area contributed by atoms with Crippen molar-refractivity contribution in [1.29, 1.82) is 0 Å². The van der Waals surface area contributed by atoms with Crippen LogP contribution in [0, 0.1) is 16.0 Å². The number of aromatic nitrogens is 1. The second-order valence-corrected chi connectivity index (χ2v) is 5.66. The molecule has 2 N–H and O–H groups in total. The van der Waals surface area contributed by atoms with Gasteiger partial charge in [-0.2, -0.15) is 0 Å². The van der Waals surface area contributed by atoms with Gasteiger partial charge in [0.15, 0.2) is 0 Å². The molecular weight excluding hydrogens is 296 g/mol. The van der Waals surface area contributed by atoms with Gasteiger partial charge in [0, 0.05) is 25.2 Å². The van der Waals surface area contributed by atoms with Crippen LogP contribution in [0.15, 0.2) is 12.3 Å². The van der Waals surface area contributed by atoms with E-state index in [4.69, 9.17) is 17.3 Å². The summed E-state index contributed by atoms with van der Waals surface area (Å²) < 4.78 is 0. The van der Waals surface area contributed by atoms with Crippen molar-refractivity contribution in [2.24, 2.45) is 11.7 Å². The first-order chi connectivity index (χ1) is 9.93. The lowest BCUT2D eigenvalue weighted by atomic mass is 9.92. The smallest absolute Gasteiger partial charge is 0.288 e. The lowest BCUT2D eigenvalue weighted by molar-refractivity contribution is -0.385. The Balaban J connectivity index is 2.30. The standard InChI is InChI=1S/C13H17ClN4O3/c1-8-2-3-17(9(4-8)6-15)13(19)11-5-10(18(20)21)7-16-12(11)14/h5,7-9H,2-4,6,15H2,1H3. The number of nitrogens with two attached hydrogens (primary N) is 1. The number of hydrogen-bond acceptors (Lipinski definition) is 5. The molecule has 114 valence electrons. The minimum absolute atomic E-state index is 0.0278. The lowest BCUT2D eigenvalue weighted by Gasteiger charge is -2.38. The molecule has 2 atom stereocenters. The van der Waals surface area contributed by atoms with E-state index in [1.807, 2.05) is 0 Å². The second kappa shape index (κ2) is 6.36. The predicted octanol–water partition coefficient (Wildman–Crippen LogP) is 1.84. The van der Waals surface area contributed by atoms with Gasteiger partial charge in [-0.3, -0.25) is 14.9 Å². The molecule has 7 nitrogen and oxygen atoms in total. The van der Waals surface area contributed by atoms with Gasteiger partial charge in [-0.1, -0.05) is 18.5 Å². The van der Waals surface area contributed by atoms with Gasteiger partial charge >= 0.3 is 0 Å². The third-order valence-corrected chi connectivity index (χ3v) is 4.08. The number of nitro groups is 1. The maximum atomic E-state index is 12.6. The van der Waals surface area contributed by atoms with Crippen LogP contribution in [0.25, 0.3) is 0 Å². The largest absolute Gasteiger partial charge is 0.334 e. The predicted molar refractivity (Wildman–Crippen MR) is 78.2 cm³/mol. The molecule has 0 aromatic carbocycles. The molecule has 2 heterocycles. The Kier molecular flexibility index (Phi) is 4.74. The van der Waals surface area contributed by atoms with E-state index in [1.165, 1.54) is 6.07 Å². The van der Waals surface area contributed by atoms with Crippen molar-refractivity contribution in [3.63, 3.8) is 0 Å². The number of carbonyl (C=O) groups excluding carboxylic acids is 1. The monoisotopic (exact) mass is 312 g/mol. The maximum Gasteiger partial charge on any atom is 0.288 e. The molecule has 1 amide bonds. The Bertz CT molecular complexity index is 566. The highest BCUT2D eigenvalue weighted by Gasteiger charge is 2.31. The highest BCUT2D eigenvalue weighted by molar-refractivity contribution is 6.32. The van der Waals surface area contributed by atoms with Gasteiger partial charge in [0.1, 0.15) is 11.3 Å². The van der Waals surface area contributed by atoms with Crippen LogP contribution in [-0.2, 0) is 0 Å². The fraction of sp³-hybridized carbons (Fsp3) is 0.538. The quantitative estimate of drug-likeness (QED) is 0.521. The molecule has 8 heteroatoms. The molecular formula is C13H17ClN4O3. The van der Waals surface area contributed by atoms with Gasteiger partial charge in [-0.15, -0.1) is 0 Å². The Morgan fingerprint density at radius 3 is 3.00 bits per heavy atom. The first-order valence-corrected chi connectivity index (χ1v) is 7.12. The summed E-state index contributed by atoms with van der Waals surface area (Å²) in [5.74, 6) is 0.153. The first kappa shape index (κ1) is 15.7. The molecule has 1 fully saturated rings. The summed E-state index contributed by atoms with van der Waals surface area (Å²) in [6.07, 6.45) is 2.74. The maximum absolute atomic E-state index is 12.6. The number of rotatable bonds is 3. The Labute approximate surface area is 127 Å². The molecule has 1 aliphatic rings. The van der Waals surface area contributed by atoms with E-state index in [2.05, 4.69) is 11.9 Å². The van der Waals surface area contributed by atoms with E-state index >= 15 is 0 Å². The minimum atomic E-state index is -0.598. The van der Waals surface area contributed by atoms with Crippen LogP contribution in [0.5, 0.6) is 0 Å². The summed E-state index contributed by atoms with van der Waals surface area (Å²) in [6.45, 7) is 3.04. The van der Waals surface area contributed by atoms with Crippen LogP contribution >= 0.6 is 11.6 Å². The normalized spacial score (nSPS) is 22.1. The Hall–Kier alpha value is -1.73. The highest BCUT2D eigenvalue weighted by atomic mass is 35.5. The molecule has 0 aliphatic carbocycles. The zero-order valence-corrected chi connectivity index (χ0v) is 12.4. The van der Waals surface area contributed by atoms with Gasteiger partial charge in [0.05, 0.1) is 10.5 Å². The molecule has 0 spiro atoms. The van der Waals surface area contributed by atoms with Gasteiger partial charge in [0.2, 0.25) is 0 Å². The minimum Gasteiger partial charge on any atom is -0.334 e. The van der Waals surface area contributed by atoms with Crippen LogP contribution < -0.4 is 5.73 Å². The summed E-state index contributed by atoms with van der Waals surface area (Å²) in [7, 11) is 0. The van der Waals surface area contributed by atoms with Gasteiger partial charge < -0.3 is 10.6 Å². The van der Waals surface area contributed by atoms with E-state index < -0.39 is 4.92 Å². The second-order valence-electron chi connectivity index (χ2n) is 5.31. The van der Waals surface area contributed by atoms with E-state index in [0.717, 1.165) is 19.0 Å². The van der Waals surface area contributed by atoms with Crippen molar-refractivity contribution in [2.45, 2.75) is 25.8 Å². The summed E-state index contributed by atoms with van der Waals surface area (Å²) in [4.78, 5) is 28.2.